The highest BCUT2D eigenvalue weighted by atomic mass is 16.5. The maximum Gasteiger partial charge on any atom is 0.337 e. The van der Waals surface area contributed by atoms with Gasteiger partial charge in [0.05, 0.1) is 28.4 Å². The summed E-state index contributed by atoms with van der Waals surface area (Å²) < 4.78 is 19.8. The molecule has 0 radical (unpaired) electrons. The van der Waals surface area contributed by atoms with Gasteiger partial charge in [-0.2, -0.15) is 5.10 Å². The van der Waals surface area contributed by atoms with Crippen molar-refractivity contribution in [3.8, 4) is 22.7 Å². The lowest BCUT2D eigenvalue weighted by atomic mass is 9.79. The van der Waals surface area contributed by atoms with Crippen LogP contribution in [-0.4, -0.2) is 21.7 Å². The third kappa shape index (κ3) is 8.18. The Morgan fingerprint density at radius 1 is 0.611 bits per heavy atom. The molecule has 2 heterocycles. The molecule has 5 aromatic carbocycles. The van der Waals surface area contributed by atoms with Gasteiger partial charge in [-0.3, -0.25) is 0 Å². The van der Waals surface area contributed by atoms with Gasteiger partial charge in [-0.05, 0) is 73.9 Å². The zero-order valence-electron chi connectivity index (χ0n) is 30.5. The van der Waals surface area contributed by atoms with Crippen molar-refractivity contribution in [2.24, 2.45) is 0 Å². The number of ether oxygens (including phenoxy) is 3. The second-order valence-electron chi connectivity index (χ2n) is 13.3. The number of benzene rings is 5. The average Bonchev–Trinajstić information content (AvgIpc) is 3.65. The second kappa shape index (κ2) is 16.3. The third-order valence-corrected chi connectivity index (χ3v) is 9.35. The molecule has 6 aromatic rings. The lowest BCUT2D eigenvalue weighted by Crippen LogP contribution is -2.32. The Hall–Kier alpha value is -6.67. The van der Waals surface area contributed by atoms with Gasteiger partial charge in [-0.1, -0.05) is 109 Å². The molecule has 0 aliphatic carbocycles. The van der Waals surface area contributed by atoms with Gasteiger partial charge in [-0.25, -0.2) is 14.3 Å². The predicted octanol–water partition coefficient (Wildman–Crippen LogP) is 9.15. The maximum absolute atomic E-state index is 14.3. The van der Waals surface area contributed by atoms with Gasteiger partial charge in [-0.15, -0.1) is 0 Å². The van der Waals surface area contributed by atoms with E-state index in [1.165, 1.54) is 5.56 Å². The SMILES string of the molecule is CC1=C(C(=O)OCc2ccccc2)C(c2cn(-c3ccccc3)nc2-c2ccc(OCc3ccc(C)cc3)cc2)C(C(=O)OCc2ccccc2)=C(C)N1. The van der Waals surface area contributed by atoms with Crippen LogP contribution in [0.1, 0.15) is 47.6 Å². The van der Waals surface area contributed by atoms with Gasteiger partial charge in [0.1, 0.15) is 25.6 Å². The molecule has 1 aliphatic heterocycles. The normalized spacial score (nSPS) is 13.0. The van der Waals surface area contributed by atoms with Crippen LogP contribution in [-0.2, 0) is 38.9 Å². The molecule has 7 rings (SSSR count). The number of para-hydroxylation sites is 1. The van der Waals surface area contributed by atoms with Crippen molar-refractivity contribution in [2.75, 3.05) is 0 Å². The van der Waals surface area contributed by atoms with Crippen LogP contribution < -0.4 is 10.1 Å². The van der Waals surface area contributed by atoms with Crippen molar-refractivity contribution in [1.82, 2.24) is 15.1 Å². The van der Waals surface area contributed by atoms with Gasteiger partial charge >= 0.3 is 11.9 Å². The Bertz CT molecular complexity index is 2220. The highest BCUT2D eigenvalue weighted by Gasteiger charge is 2.40. The number of hydrogen-bond donors (Lipinski definition) is 1. The molecule has 1 aromatic heterocycles. The minimum atomic E-state index is -0.872. The largest absolute Gasteiger partial charge is 0.489 e. The number of allylic oxidation sites excluding steroid dienone is 2. The topological polar surface area (TPSA) is 91.7 Å². The van der Waals surface area contributed by atoms with Crippen LogP contribution in [0, 0.1) is 6.92 Å². The molecule has 0 atom stereocenters. The van der Waals surface area contributed by atoms with E-state index in [0.717, 1.165) is 27.9 Å². The molecule has 0 saturated carbocycles. The quantitative estimate of drug-likeness (QED) is 0.126. The molecule has 8 nitrogen and oxygen atoms in total. The molecule has 270 valence electrons. The Morgan fingerprint density at radius 2 is 1.11 bits per heavy atom. The van der Waals surface area contributed by atoms with Crippen molar-refractivity contribution < 1.29 is 23.8 Å². The molecule has 8 heteroatoms. The standard InChI is InChI=1S/C46H41N3O5/c1-31-19-21-36(22-20-31)28-52-39-25-23-37(24-26-39)44-40(27-49(48-44)38-17-11-6-12-18-38)43-41(45(50)53-29-34-13-7-4-8-14-34)32(2)47-33(3)42(43)46(51)54-30-35-15-9-5-10-16-35/h4-27,43,47H,28-30H2,1-3H3. The van der Waals surface area contributed by atoms with Crippen LogP contribution in [0.15, 0.2) is 168 Å². The van der Waals surface area contributed by atoms with E-state index in [2.05, 4.69) is 36.5 Å². The monoisotopic (exact) mass is 715 g/mol. The van der Waals surface area contributed by atoms with Crippen LogP contribution in [0.3, 0.4) is 0 Å². The van der Waals surface area contributed by atoms with Crippen LogP contribution >= 0.6 is 0 Å². The van der Waals surface area contributed by atoms with E-state index in [9.17, 15) is 9.59 Å². The van der Waals surface area contributed by atoms with Crippen LogP contribution in [0.5, 0.6) is 5.75 Å². The molecule has 0 amide bonds. The zero-order valence-corrected chi connectivity index (χ0v) is 30.5. The lowest BCUT2D eigenvalue weighted by Gasteiger charge is -2.30. The number of dihydropyridines is 1. The van der Waals surface area contributed by atoms with Crippen molar-refractivity contribution in [1.29, 1.82) is 0 Å². The average molecular weight is 716 g/mol. The second-order valence-corrected chi connectivity index (χ2v) is 13.3. The number of aryl methyl sites for hydroxylation is 1. The number of esters is 2. The lowest BCUT2D eigenvalue weighted by molar-refractivity contribution is -0.141. The van der Waals surface area contributed by atoms with E-state index >= 15 is 0 Å². The first-order chi connectivity index (χ1) is 26.3. The van der Waals surface area contributed by atoms with Crippen LogP contribution in [0.2, 0.25) is 0 Å². The fourth-order valence-corrected chi connectivity index (χ4v) is 6.54. The highest BCUT2D eigenvalue weighted by molar-refractivity contribution is 6.00. The molecule has 54 heavy (non-hydrogen) atoms. The minimum absolute atomic E-state index is 0.0693. The van der Waals surface area contributed by atoms with E-state index in [0.29, 0.717) is 46.2 Å². The first-order valence-corrected chi connectivity index (χ1v) is 17.9. The van der Waals surface area contributed by atoms with Crippen molar-refractivity contribution in [3.63, 3.8) is 0 Å². The summed E-state index contributed by atoms with van der Waals surface area (Å²) in [5.41, 5.74) is 8.56. The number of nitrogens with one attached hydrogen (secondary N) is 1. The molecular weight excluding hydrogens is 675 g/mol. The van der Waals surface area contributed by atoms with Crippen LogP contribution in [0.4, 0.5) is 0 Å². The highest BCUT2D eigenvalue weighted by Crippen LogP contribution is 2.43. The Balaban J connectivity index is 1.29. The number of rotatable bonds is 12. The fourth-order valence-electron chi connectivity index (χ4n) is 6.54. The Morgan fingerprint density at radius 3 is 1.65 bits per heavy atom. The zero-order chi connectivity index (χ0) is 37.4. The van der Waals surface area contributed by atoms with E-state index in [1.807, 2.05) is 135 Å². The van der Waals surface area contributed by atoms with Gasteiger partial charge < -0.3 is 19.5 Å². The Kier molecular flexibility index (Phi) is 10.8. The molecule has 1 aliphatic rings. The summed E-state index contributed by atoms with van der Waals surface area (Å²) >= 11 is 0. The molecule has 0 unspecified atom stereocenters. The first-order valence-electron chi connectivity index (χ1n) is 17.9. The number of carbonyl (C=O) groups excluding carboxylic acids is 2. The predicted molar refractivity (Wildman–Crippen MR) is 208 cm³/mol. The molecule has 0 spiro atoms. The van der Waals surface area contributed by atoms with Crippen LogP contribution in [0.25, 0.3) is 16.9 Å². The third-order valence-electron chi connectivity index (χ3n) is 9.35. The number of nitrogens with zero attached hydrogens (tertiary/aromatic N) is 2. The smallest absolute Gasteiger partial charge is 0.337 e. The number of aromatic nitrogens is 2. The molecule has 0 saturated heterocycles. The number of carbonyl (C=O) groups is 2. The Labute approximate surface area is 315 Å². The van der Waals surface area contributed by atoms with E-state index in [-0.39, 0.29) is 13.2 Å². The summed E-state index contributed by atoms with van der Waals surface area (Å²) in [6.45, 7) is 6.27. The van der Waals surface area contributed by atoms with Crippen molar-refractivity contribution in [3.05, 3.63) is 196 Å². The first kappa shape index (κ1) is 35.7. The summed E-state index contributed by atoms with van der Waals surface area (Å²) in [5.74, 6) is -1.27. The van der Waals surface area contributed by atoms with E-state index in [4.69, 9.17) is 19.3 Å². The van der Waals surface area contributed by atoms with Crippen molar-refractivity contribution in [2.45, 2.75) is 46.5 Å². The summed E-state index contributed by atoms with van der Waals surface area (Å²) in [7, 11) is 0. The summed E-state index contributed by atoms with van der Waals surface area (Å²) in [4.78, 5) is 28.5. The molecule has 1 N–H and O–H groups in total. The summed E-state index contributed by atoms with van der Waals surface area (Å²) in [6.07, 6.45) is 1.89. The van der Waals surface area contributed by atoms with E-state index < -0.39 is 17.9 Å². The van der Waals surface area contributed by atoms with Gasteiger partial charge in [0, 0.05) is 28.7 Å². The van der Waals surface area contributed by atoms with Gasteiger partial charge in [0.2, 0.25) is 0 Å². The summed E-state index contributed by atoms with van der Waals surface area (Å²) in [6, 6.07) is 44.7. The van der Waals surface area contributed by atoms with E-state index in [1.54, 1.807) is 4.68 Å². The molecular formula is C46H41N3O5. The molecule has 0 bridgehead atoms. The van der Waals surface area contributed by atoms with Gasteiger partial charge in [0.25, 0.3) is 0 Å². The molecule has 0 fully saturated rings. The maximum atomic E-state index is 14.3. The van der Waals surface area contributed by atoms with Gasteiger partial charge in [0.15, 0.2) is 0 Å². The minimum Gasteiger partial charge on any atom is -0.489 e. The van der Waals surface area contributed by atoms with Crippen molar-refractivity contribution >= 4 is 11.9 Å². The number of hydrogen-bond acceptors (Lipinski definition) is 7. The summed E-state index contributed by atoms with van der Waals surface area (Å²) in [5, 5.41) is 8.38. The fraction of sp³-hybridized carbons (Fsp3) is 0.152.